The third-order valence-corrected chi connectivity index (χ3v) is 9.87. The second kappa shape index (κ2) is 20.0. The van der Waals surface area contributed by atoms with Crippen molar-refractivity contribution in [1.82, 2.24) is 9.88 Å². The third kappa shape index (κ3) is 9.62. The Bertz CT molecular complexity index is 1960. The summed E-state index contributed by atoms with van der Waals surface area (Å²) in [5, 5.41) is 0. The van der Waals surface area contributed by atoms with Crippen LogP contribution in [0.4, 0.5) is 5.69 Å². The van der Waals surface area contributed by atoms with Gasteiger partial charge in [0.2, 0.25) is 11.5 Å². The van der Waals surface area contributed by atoms with E-state index in [4.69, 9.17) is 33.2 Å². The van der Waals surface area contributed by atoms with Gasteiger partial charge in [-0.3, -0.25) is 9.88 Å². The maximum Gasteiger partial charge on any atom is 0.203 e. The van der Waals surface area contributed by atoms with Crippen molar-refractivity contribution >= 4 is 30.5 Å². The van der Waals surface area contributed by atoms with Crippen LogP contribution in [0.3, 0.4) is 0 Å². The molecular formula is C43H51Cl2N3O7. The van der Waals surface area contributed by atoms with E-state index in [-0.39, 0.29) is 24.8 Å². The number of pyridine rings is 1. The molecule has 1 aliphatic rings. The first-order chi connectivity index (χ1) is 25.9. The normalized spacial score (nSPS) is 12.8. The van der Waals surface area contributed by atoms with E-state index in [9.17, 15) is 0 Å². The fraction of sp³-hybridized carbons (Fsp3) is 0.326. The highest BCUT2D eigenvalue weighted by molar-refractivity contribution is 5.85. The Morgan fingerprint density at radius 3 is 1.62 bits per heavy atom. The van der Waals surface area contributed by atoms with Crippen LogP contribution < -0.4 is 38.1 Å². The number of hydrogen-bond donors (Lipinski definition) is 0. The van der Waals surface area contributed by atoms with Gasteiger partial charge in [0.25, 0.3) is 0 Å². The standard InChI is InChI=1S/C43H49N3O7.2ClH/c1-47-37-14-9-8-13-36(37)46(28-29-11-10-12-31(19-29)32-21-38(48-2)42(52-6)39(22-32)49-3)35-15-17-45(18-16-35)27-30-20-34(26-44-25-30)33-23-40(50-4)43(53-7)41(24-33)51-5;;/h8-14,19-26,35H,15-18,27-28H2,1-7H3;2*1H. The fourth-order valence-corrected chi connectivity index (χ4v) is 7.20. The summed E-state index contributed by atoms with van der Waals surface area (Å²) >= 11 is 0. The summed E-state index contributed by atoms with van der Waals surface area (Å²) in [7, 11) is 11.5. The maximum atomic E-state index is 5.89. The van der Waals surface area contributed by atoms with E-state index in [1.807, 2.05) is 48.8 Å². The molecule has 0 amide bonds. The fourth-order valence-electron chi connectivity index (χ4n) is 7.20. The maximum absolute atomic E-state index is 5.89. The predicted octanol–water partition coefficient (Wildman–Crippen LogP) is 8.99. The van der Waals surface area contributed by atoms with Crippen LogP contribution in [0, 0.1) is 0 Å². The molecule has 1 aliphatic heterocycles. The lowest BCUT2D eigenvalue weighted by molar-refractivity contribution is 0.200. The Labute approximate surface area is 337 Å². The smallest absolute Gasteiger partial charge is 0.203 e. The molecule has 1 saturated heterocycles. The number of methoxy groups -OCH3 is 7. The minimum Gasteiger partial charge on any atom is -0.495 e. The van der Waals surface area contributed by atoms with Crippen LogP contribution in [-0.4, -0.2) is 78.8 Å². The average Bonchev–Trinajstić information content (AvgIpc) is 3.22. The number of para-hydroxylation sites is 2. The summed E-state index contributed by atoms with van der Waals surface area (Å²) in [5.41, 5.74) is 7.44. The molecule has 6 rings (SSSR count). The number of hydrogen-bond acceptors (Lipinski definition) is 10. The monoisotopic (exact) mass is 791 g/mol. The minimum atomic E-state index is 0. The molecule has 1 fully saturated rings. The molecule has 0 saturated carbocycles. The number of rotatable bonds is 15. The molecule has 2 heterocycles. The Morgan fingerprint density at radius 2 is 1.07 bits per heavy atom. The number of aromatic nitrogens is 1. The molecule has 0 bridgehead atoms. The molecule has 55 heavy (non-hydrogen) atoms. The highest BCUT2D eigenvalue weighted by Crippen LogP contribution is 2.43. The molecule has 1 aromatic heterocycles. The van der Waals surface area contributed by atoms with Gasteiger partial charge in [-0.2, -0.15) is 0 Å². The number of ether oxygens (including phenoxy) is 7. The van der Waals surface area contributed by atoms with Crippen molar-refractivity contribution in [2.45, 2.75) is 32.0 Å². The van der Waals surface area contributed by atoms with Crippen molar-refractivity contribution in [3.8, 4) is 62.5 Å². The Hall–Kier alpha value is -5.03. The molecule has 5 aromatic rings. The van der Waals surface area contributed by atoms with Crippen LogP contribution in [0.25, 0.3) is 22.3 Å². The summed E-state index contributed by atoms with van der Waals surface area (Å²) in [4.78, 5) is 9.63. The molecule has 0 spiro atoms. The molecule has 0 N–H and O–H groups in total. The van der Waals surface area contributed by atoms with Crippen LogP contribution in [0.15, 0.2) is 91.3 Å². The van der Waals surface area contributed by atoms with Gasteiger partial charge in [-0.05, 0) is 89.2 Å². The zero-order valence-corrected chi connectivity index (χ0v) is 34.1. The van der Waals surface area contributed by atoms with Gasteiger partial charge in [0.05, 0.1) is 55.5 Å². The Balaban J connectivity index is 0.00000336. The molecular weight excluding hydrogens is 741 g/mol. The van der Waals surface area contributed by atoms with Crippen molar-refractivity contribution in [3.05, 3.63) is 102 Å². The number of piperidine rings is 1. The van der Waals surface area contributed by atoms with E-state index in [1.165, 1.54) is 5.56 Å². The number of anilines is 1. The lowest BCUT2D eigenvalue weighted by Gasteiger charge is -2.40. The molecule has 12 heteroatoms. The van der Waals surface area contributed by atoms with E-state index in [2.05, 4.69) is 57.2 Å². The summed E-state index contributed by atoms with van der Waals surface area (Å²) in [6.07, 6.45) is 5.84. The van der Waals surface area contributed by atoms with Crippen LogP contribution in [0.5, 0.6) is 40.2 Å². The molecule has 10 nitrogen and oxygen atoms in total. The summed E-state index contributed by atoms with van der Waals surface area (Å²) < 4.78 is 39.5. The number of benzene rings is 4. The van der Waals surface area contributed by atoms with Gasteiger partial charge in [0.1, 0.15) is 5.75 Å². The Kier molecular flexibility index (Phi) is 15.6. The lowest BCUT2D eigenvalue weighted by Crippen LogP contribution is -2.44. The second-order valence-corrected chi connectivity index (χ2v) is 12.9. The minimum absolute atomic E-state index is 0. The molecule has 0 aliphatic carbocycles. The van der Waals surface area contributed by atoms with Crippen LogP contribution in [0.2, 0.25) is 0 Å². The number of likely N-dealkylation sites (tertiary alicyclic amines) is 1. The summed E-state index contributed by atoms with van der Waals surface area (Å²) in [6, 6.07) is 27.4. The Morgan fingerprint density at radius 1 is 0.545 bits per heavy atom. The zero-order valence-electron chi connectivity index (χ0n) is 32.5. The highest BCUT2D eigenvalue weighted by atomic mass is 35.5. The van der Waals surface area contributed by atoms with Gasteiger partial charge in [-0.25, -0.2) is 0 Å². The number of nitrogens with zero attached hydrogens (tertiary/aromatic N) is 3. The molecule has 0 radical (unpaired) electrons. The zero-order chi connectivity index (χ0) is 37.3. The predicted molar refractivity (Wildman–Crippen MR) is 223 cm³/mol. The molecule has 0 unspecified atom stereocenters. The summed E-state index contributed by atoms with van der Waals surface area (Å²) in [5.74, 6) is 4.48. The van der Waals surface area contributed by atoms with Crippen molar-refractivity contribution < 1.29 is 33.2 Å². The summed E-state index contributed by atoms with van der Waals surface area (Å²) in [6.45, 7) is 3.44. The van der Waals surface area contributed by atoms with Crippen LogP contribution in [-0.2, 0) is 13.1 Å². The van der Waals surface area contributed by atoms with Gasteiger partial charge in [-0.15, -0.1) is 24.8 Å². The van der Waals surface area contributed by atoms with Crippen molar-refractivity contribution in [2.75, 3.05) is 67.8 Å². The molecule has 0 atom stereocenters. The largest absolute Gasteiger partial charge is 0.495 e. The quantitative estimate of drug-likeness (QED) is 0.103. The van der Waals surface area contributed by atoms with Gasteiger partial charge >= 0.3 is 0 Å². The van der Waals surface area contributed by atoms with Gasteiger partial charge < -0.3 is 38.1 Å². The topological polar surface area (TPSA) is 84.0 Å². The van der Waals surface area contributed by atoms with Crippen LogP contribution in [0.1, 0.15) is 24.0 Å². The molecule has 4 aromatic carbocycles. The highest BCUT2D eigenvalue weighted by Gasteiger charge is 2.27. The van der Waals surface area contributed by atoms with Gasteiger partial charge in [-0.1, -0.05) is 30.3 Å². The SMILES string of the molecule is COc1ccccc1N(Cc1cccc(-c2cc(OC)c(OC)c(OC)c2)c1)C1CCN(Cc2cncc(-c3cc(OC)c(OC)c(OC)c3)c2)CC1.Cl.Cl. The van der Waals surface area contributed by atoms with Crippen molar-refractivity contribution in [3.63, 3.8) is 0 Å². The van der Waals surface area contributed by atoms with E-state index in [0.29, 0.717) is 40.5 Å². The third-order valence-electron chi connectivity index (χ3n) is 9.87. The van der Waals surface area contributed by atoms with E-state index in [1.54, 1.807) is 49.8 Å². The lowest BCUT2D eigenvalue weighted by atomic mass is 9.98. The second-order valence-electron chi connectivity index (χ2n) is 12.9. The van der Waals surface area contributed by atoms with Crippen LogP contribution >= 0.6 is 24.8 Å². The van der Waals surface area contributed by atoms with Crippen molar-refractivity contribution in [2.24, 2.45) is 0 Å². The van der Waals surface area contributed by atoms with Gasteiger partial charge in [0.15, 0.2) is 23.0 Å². The van der Waals surface area contributed by atoms with Crippen molar-refractivity contribution in [1.29, 1.82) is 0 Å². The van der Waals surface area contributed by atoms with E-state index >= 15 is 0 Å². The number of halogens is 2. The first kappa shape index (κ1) is 42.7. The van der Waals surface area contributed by atoms with E-state index < -0.39 is 0 Å². The molecule has 294 valence electrons. The average molecular weight is 793 g/mol. The van der Waals surface area contributed by atoms with Gasteiger partial charge in [0, 0.05) is 50.2 Å². The first-order valence-corrected chi connectivity index (χ1v) is 17.7. The first-order valence-electron chi connectivity index (χ1n) is 17.7. The van der Waals surface area contributed by atoms with E-state index in [0.717, 1.165) is 78.3 Å².